The fourth-order valence-electron chi connectivity index (χ4n) is 3.30. The van der Waals surface area contributed by atoms with Gasteiger partial charge in [-0.3, -0.25) is 0 Å². The Labute approximate surface area is 150 Å². The summed E-state index contributed by atoms with van der Waals surface area (Å²) in [6.07, 6.45) is 2.72. The molecular weight excluding hydrogens is 314 g/mol. The Bertz CT molecular complexity index is 693. The summed E-state index contributed by atoms with van der Waals surface area (Å²) < 4.78 is 0. The van der Waals surface area contributed by atoms with Gasteiger partial charge in [0, 0.05) is 30.6 Å². The van der Waals surface area contributed by atoms with Crippen molar-refractivity contribution >= 4 is 23.0 Å². The van der Waals surface area contributed by atoms with Gasteiger partial charge in [0.25, 0.3) is 0 Å². The number of aryl methyl sites for hydroxylation is 1. The molecule has 2 aromatic rings. The number of anilines is 1. The number of hydrogen-bond donors (Lipinski definition) is 3. The minimum absolute atomic E-state index is 0.670. The first-order valence-electron chi connectivity index (χ1n) is 8.72. The zero-order chi connectivity index (χ0) is 16.8. The molecule has 1 aliphatic rings. The van der Waals surface area contributed by atoms with Gasteiger partial charge in [0.05, 0.1) is 13.1 Å². The third-order valence-corrected chi connectivity index (χ3v) is 4.83. The molecule has 0 aromatic heterocycles. The maximum Gasteiger partial charge on any atom is 0.171 e. The molecule has 4 heteroatoms. The van der Waals surface area contributed by atoms with Gasteiger partial charge in [-0.2, -0.15) is 0 Å². The number of rotatable bonds is 5. The Morgan fingerprint density at radius 1 is 1.04 bits per heavy atom. The number of likely N-dealkylation sites (tertiary alicyclic amines) is 1. The number of thiocarbonyl (C=S) groups is 1. The third-order valence-electron chi connectivity index (χ3n) is 4.58. The summed E-state index contributed by atoms with van der Waals surface area (Å²) in [7, 11) is 0. The van der Waals surface area contributed by atoms with Crippen LogP contribution >= 0.6 is 12.2 Å². The molecule has 0 spiro atoms. The van der Waals surface area contributed by atoms with Crippen molar-refractivity contribution in [2.75, 3.05) is 18.4 Å². The average Bonchev–Trinajstić information content (AvgIpc) is 3.07. The van der Waals surface area contributed by atoms with Crippen molar-refractivity contribution < 1.29 is 4.90 Å². The second-order valence-corrected chi connectivity index (χ2v) is 6.99. The molecule has 0 radical (unpaired) electrons. The Kier molecular flexibility index (Phi) is 5.83. The SMILES string of the molecule is Cc1cccc(NC(=S)NCc2ccccc2C[NH+]2CCCC2)c1. The van der Waals surface area contributed by atoms with Gasteiger partial charge in [0.1, 0.15) is 6.54 Å². The van der Waals surface area contributed by atoms with Gasteiger partial charge in [-0.25, -0.2) is 0 Å². The van der Waals surface area contributed by atoms with Crippen LogP contribution in [0.5, 0.6) is 0 Å². The van der Waals surface area contributed by atoms with Crippen LogP contribution < -0.4 is 15.5 Å². The highest BCUT2D eigenvalue weighted by atomic mass is 32.1. The fourth-order valence-corrected chi connectivity index (χ4v) is 3.49. The second kappa shape index (κ2) is 8.27. The van der Waals surface area contributed by atoms with E-state index >= 15 is 0 Å². The maximum absolute atomic E-state index is 5.44. The quantitative estimate of drug-likeness (QED) is 0.731. The lowest BCUT2D eigenvalue weighted by atomic mass is 10.1. The lowest BCUT2D eigenvalue weighted by molar-refractivity contribution is -0.901. The van der Waals surface area contributed by atoms with Crippen molar-refractivity contribution in [1.29, 1.82) is 0 Å². The largest absolute Gasteiger partial charge is 0.358 e. The zero-order valence-electron chi connectivity index (χ0n) is 14.3. The van der Waals surface area contributed by atoms with Crippen LogP contribution in [-0.4, -0.2) is 18.2 Å². The first kappa shape index (κ1) is 16.9. The molecule has 1 aliphatic heterocycles. The van der Waals surface area contributed by atoms with Crippen LogP contribution in [0.25, 0.3) is 0 Å². The number of benzene rings is 2. The number of hydrogen-bond acceptors (Lipinski definition) is 1. The van der Waals surface area contributed by atoms with Crippen LogP contribution in [0, 0.1) is 6.92 Å². The highest BCUT2D eigenvalue weighted by molar-refractivity contribution is 7.80. The van der Waals surface area contributed by atoms with Gasteiger partial charge in [-0.05, 0) is 42.4 Å². The van der Waals surface area contributed by atoms with Crippen LogP contribution in [0.4, 0.5) is 5.69 Å². The van der Waals surface area contributed by atoms with Crippen molar-refractivity contribution in [3.8, 4) is 0 Å². The fraction of sp³-hybridized carbons (Fsp3) is 0.350. The molecule has 1 saturated heterocycles. The lowest BCUT2D eigenvalue weighted by Gasteiger charge is -2.16. The van der Waals surface area contributed by atoms with E-state index < -0.39 is 0 Å². The van der Waals surface area contributed by atoms with Crippen molar-refractivity contribution in [3.63, 3.8) is 0 Å². The summed E-state index contributed by atoms with van der Waals surface area (Å²) in [6, 6.07) is 16.9. The van der Waals surface area contributed by atoms with Gasteiger partial charge in [-0.1, -0.05) is 36.4 Å². The first-order chi connectivity index (χ1) is 11.7. The molecule has 0 saturated carbocycles. The molecule has 0 amide bonds. The van der Waals surface area contributed by atoms with Crippen LogP contribution in [0.1, 0.15) is 29.5 Å². The molecule has 1 fully saturated rings. The summed E-state index contributed by atoms with van der Waals surface area (Å²) in [5, 5.41) is 7.27. The third kappa shape index (κ3) is 4.79. The predicted octanol–water partition coefficient (Wildman–Crippen LogP) is 2.66. The predicted molar refractivity (Wildman–Crippen MR) is 104 cm³/mol. The van der Waals surface area contributed by atoms with Gasteiger partial charge in [-0.15, -0.1) is 0 Å². The summed E-state index contributed by atoms with van der Waals surface area (Å²) >= 11 is 5.44. The molecular formula is C20H26N3S+. The topological polar surface area (TPSA) is 28.5 Å². The van der Waals surface area contributed by atoms with Crippen LogP contribution in [0.3, 0.4) is 0 Å². The molecule has 0 unspecified atom stereocenters. The zero-order valence-corrected chi connectivity index (χ0v) is 15.1. The number of nitrogens with one attached hydrogen (secondary N) is 3. The van der Waals surface area contributed by atoms with Gasteiger partial charge >= 0.3 is 0 Å². The minimum atomic E-state index is 0.670. The van der Waals surface area contributed by atoms with E-state index in [1.165, 1.54) is 42.6 Å². The monoisotopic (exact) mass is 340 g/mol. The van der Waals surface area contributed by atoms with Gasteiger partial charge in [0.2, 0.25) is 0 Å². The van der Waals surface area contributed by atoms with E-state index in [9.17, 15) is 0 Å². The summed E-state index contributed by atoms with van der Waals surface area (Å²) in [6.45, 7) is 6.57. The molecule has 2 aromatic carbocycles. The average molecular weight is 341 g/mol. The standard InChI is InChI=1S/C20H25N3S/c1-16-7-6-10-19(13-16)22-20(24)21-14-17-8-2-3-9-18(17)15-23-11-4-5-12-23/h2-3,6-10,13H,4-5,11-12,14-15H2,1H3,(H2,21,22,24)/p+1. The summed E-state index contributed by atoms with van der Waals surface area (Å²) in [4.78, 5) is 1.70. The molecule has 0 atom stereocenters. The van der Waals surface area contributed by atoms with E-state index in [2.05, 4.69) is 54.0 Å². The van der Waals surface area contributed by atoms with Crippen molar-refractivity contribution in [2.45, 2.75) is 32.9 Å². The molecule has 24 heavy (non-hydrogen) atoms. The molecule has 0 bridgehead atoms. The van der Waals surface area contributed by atoms with Crippen molar-refractivity contribution in [1.82, 2.24) is 5.32 Å². The van der Waals surface area contributed by atoms with Gasteiger partial charge < -0.3 is 15.5 Å². The van der Waals surface area contributed by atoms with E-state index in [1.54, 1.807) is 4.90 Å². The van der Waals surface area contributed by atoms with E-state index in [0.717, 1.165) is 18.8 Å². The summed E-state index contributed by atoms with van der Waals surface area (Å²) in [5.41, 5.74) is 5.02. The van der Waals surface area contributed by atoms with E-state index in [4.69, 9.17) is 12.2 Å². The Morgan fingerprint density at radius 3 is 2.54 bits per heavy atom. The molecule has 126 valence electrons. The Morgan fingerprint density at radius 2 is 1.79 bits per heavy atom. The van der Waals surface area contributed by atoms with Crippen molar-refractivity contribution in [3.05, 3.63) is 65.2 Å². The highest BCUT2D eigenvalue weighted by Gasteiger charge is 2.17. The van der Waals surface area contributed by atoms with Gasteiger partial charge in [0.15, 0.2) is 5.11 Å². The minimum Gasteiger partial charge on any atom is -0.358 e. The first-order valence-corrected chi connectivity index (χ1v) is 9.13. The van der Waals surface area contributed by atoms with Crippen LogP contribution in [0.15, 0.2) is 48.5 Å². The molecule has 3 rings (SSSR count). The molecule has 3 N–H and O–H groups in total. The normalized spacial score (nSPS) is 14.5. The van der Waals surface area contributed by atoms with Crippen LogP contribution in [-0.2, 0) is 13.1 Å². The molecule has 1 heterocycles. The van der Waals surface area contributed by atoms with E-state index in [0.29, 0.717) is 5.11 Å². The summed E-state index contributed by atoms with van der Waals surface area (Å²) in [5.74, 6) is 0. The molecule has 0 aliphatic carbocycles. The smallest absolute Gasteiger partial charge is 0.171 e. The second-order valence-electron chi connectivity index (χ2n) is 6.58. The van der Waals surface area contributed by atoms with E-state index in [1.807, 2.05) is 12.1 Å². The number of quaternary nitrogens is 1. The maximum atomic E-state index is 5.44. The van der Waals surface area contributed by atoms with Crippen LogP contribution in [0.2, 0.25) is 0 Å². The lowest BCUT2D eigenvalue weighted by Crippen LogP contribution is -3.08. The Balaban J connectivity index is 1.56. The molecule has 3 nitrogen and oxygen atoms in total. The van der Waals surface area contributed by atoms with Crippen molar-refractivity contribution in [2.24, 2.45) is 0 Å². The van der Waals surface area contributed by atoms with E-state index in [-0.39, 0.29) is 0 Å². The Hall–Kier alpha value is -1.91. The highest BCUT2D eigenvalue weighted by Crippen LogP contribution is 2.10.